The van der Waals surface area contributed by atoms with Gasteiger partial charge in [-0.05, 0) is 81.6 Å². The SMILES string of the molecule is COc1ccc([C@H](C)NCC[C@H](c2ccc(C)cc2)c2ccc(OC(C)C)cc2)cc1. The molecule has 0 radical (unpaired) electrons. The summed E-state index contributed by atoms with van der Waals surface area (Å²) in [6.45, 7) is 9.38. The third-order valence-corrected chi connectivity index (χ3v) is 5.63. The van der Waals surface area contributed by atoms with E-state index in [2.05, 4.69) is 93.7 Å². The van der Waals surface area contributed by atoms with Crippen molar-refractivity contribution in [3.63, 3.8) is 0 Å². The van der Waals surface area contributed by atoms with Crippen molar-refractivity contribution in [3.8, 4) is 11.5 Å². The zero-order valence-corrected chi connectivity index (χ0v) is 19.4. The molecule has 1 N–H and O–H groups in total. The van der Waals surface area contributed by atoms with Crippen molar-refractivity contribution >= 4 is 0 Å². The van der Waals surface area contributed by atoms with Gasteiger partial charge in [-0.15, -0.1) is 0 Å². The molecule has 164 valence electrons. The highest BCUT2D eigenvalue weighted by Gasteiger charge is 2.15. The Kier molecular flexibility index (Phi) is 8.13. The molecule has 0 aliphatic heterocycles. The Morgan fingerprint density at radius 1 is 0.710 bits per heavy atom. The van der Waals surface area contributed by atoms with Gasteiger partial charge in [-0.25, -0.2) is 0 Å². The summed E-state index contributed by atoms with van der Waals surface area (Å²) in [6, 6.07) is 26.1. The number of methoxy groups -OCH3 is 1. The number of ether oxygens (including phenoxy) is 2. The Bertz CT molecular complexity index is 915. The van der Waals surface area contributed by atoms with E-state index < -0.39 is 0 Å². The standard InChI is InChI=1S/C28H35NO2/c1-20(2)31-27-16-12-25(13-17-27)28(24-8-6-21(3)7-9-24)18-19-29-22(4)23-10-14-26(30-5)15-11-23/h6-17,20,22,28-29H,18-19H2,1-5H3/t22-,28+/m0/s1. The van der Waals surface area contributed by atoms with Crippen LogP contribution in [-0.4, -0.2) is 19.8 Å². The van der Waals surface area contributed by atoms with Gasteiger partial charge in [0.25, 0.3) is 0 Å². The predicted molar refractivity (Wildman–Crippen MR) is 129 cm³/mol. The van der Waals surface area contributed by atoms with Gasteiger partial charge in [0.2, 0.25) is 0 Å². The maximum absolute atomic E-state index is 5.83. The fraction of sp³-hybridized carbons (Fsp3) is 0.357. The van der Waals surface area contributed by atoms with Crippen LogP contribution < -0.4 is 14.8 Å². The summed E-state index contributed by atoms with van der Waals surface area (Å²) < 4.78 is 11.1. The first-order valence-electron chi connectivity index (χ1n) is 11.2. The van der Waals surface area contributed by atoms with Crippen molar-refractivity contribution in [2.24, 2.45) is 0 Å². The van der Waals surface area contributed by atoms with Crippen LogP contribution in [0.2, 0.25) is 0 Å². The maximum atomic E-state index is 5.83. The number of aryl methyl sites for hydroxylation is 1. The molecule has 3 heteroatoms. The average Bonchev–Trinajstić information content (AvgIpc) is 2.78. The van der Waals surface area contributed by atoms with Gasteiger partial charge >= 0.3 is 0 Å². The number of hydrogen-bond acceptors (Lipinski definition) is 3. The lowest BCUT2D eigenvalue weighted by atomic mass is 9.88. The van der Waals surface area contributed by atoms with Gasteiger partial charge in [-0.3, -0.25) is 0 Å². The molecule has 0 amide bonds. The monoisotopic (exact) mass is 417 g/mol. The van der Waals surface area contributed by atoms with Gasteiger partial charge in [0.1, 0.15) is 11.5 Å². The van der Waals surface area contributed by atoms with E-state index in [1.54, 1.807) is 7.11 Å². The maximum Gasteiger partial charge on any atom is 0.119 e. The van der Waals surface area contributed by atoms with Gasteiger partial charge in [-0.1, -0.05) is 54.1 Å². The molecule has 0 heterocycles. The number of rotatable bonds is 10. The first-order valence-corrected chi connectivity index (χ1v) is 11.2. The molecular weight excluding hydrogens is 382 g/mol. The van der Waals surface area contributed by atoms with Crippen LogP contribution in [0.5, 0.6) is 11.5 Å². The second-order valence-corrected chi connectivity index (χ2v) is 8.44. The van der Waals surface area contributed by atoms with Crippen molar-refractivity contribution in [1.29, 1.82) is 0 Å². The van der Waals surface area contributed by atoms with Crippen LogP contribution in [-0.2, 0) is 0 Å². The highest BCUT2D eigenvalue weighted by atomic mass is 16.5. The fourth-order valence-corrected chi connectivity index (χ4v) is 3.83. The van der Waals surface area contributed by atoms with E-state index >= 15 is 0 Å². The summed E-state index contributed by atoms with van der Waals surface area (Å²) in [5.41, 5.74) is 5.22. The first-order chi connectivity index (χ1) is 15.0. The van der Waals surface area contributed by atoms with Crippen molar-refractivity contribution in [2.75, 3.05) is 13.7 Å². The van der Waals surface area contributed by atoms with Gasteiger partial charge in [-0.2, -0.15) is 0 Å². The number of nitrogens with one attached hydrogen (secondary N) is 1. The quantitative estimate of drug-likeness (QED) is 0.400. The molecule has 0 aliphatic rings. The molecule has 31 heavy (non-hydrogen) atoms. The van der Waals surface area contributed by atoms with E-state index in [4.69, 9.17) is 9.47 Å². The molecule has 0 aromatic heterocycles. The fourth-order valence-electron chi connectivity index (χ4n) is 3.83. The molecule has 3 aromatic rings. The molecule has 0 aliphatic carbocycles. The lowest BCUT2D eigenvalue weighted by molar-refractivity contribution is 0.242. The van der Waals surface area contributed by atoms with Crippen molar-refractivity contribution in [2.45, 2.75) is 52.2 Å². The lowest BCUT2D eigenvalue weighted by Gasteiger charge is -2.21. The molecule has 0 saturated heterocycles. The van der Waals surface area contributed by atoms with Crippen molar-refractivity contribution in [1.82, 2.24) is 5.32 Å². The summed E-state index contributed by atoms with van der Waals surface area (Å²) in [4.78, 5) is 0. The Hall–Kier alpha value is -2.78. The molecule has 0 fully saturated rings. The smallest absolute Gasteiger partial charge is 0.119 e. The van der Waals surface area contributed by atoms with Crippen LogP contribution in [0.15, 0.2) is 72.8 Å². The zero-order valence-electron chi connectivity index (χ0n) is 19.4. The van der Waals surface area contributed by atoms with Crippen LogP contribution in [0.25, 0.3) is 0 Å². The highest BCUT2D eigenvalue weighted by molar-refractivity contribution is 5.37. The summed E-state index contributed by atoms with van der Waals surface area (Å²) in [7, 11) is 1.70. The van der Waals surface area contributed by atoms with E-state index in [1.807, 2.05) is 12.1 Å². The molecule has 0 saturated carbocycles. The first kappa shape index (κ1) is 22.9. The molecule has 0 spiro atoms. The van der Waals surface area contributed by atoms with E-state index in [9.17, 15) is 0 Å². The Labute approximate surface area is 187 Å². The van der Waals surface area contributed by atoms with Crippen LogP contribution in [0.1, 0.15) is 61.4 Å². The largest absolute Gasteiger partial charge is 0.497 e. The molecule has 0 unspecified atom stereocenters. The van der Waals surface area contributed by atoms with Gasteiger partial charge in [0.05, 0.1) is 13.2 Å². The third kappa shape index (κ3) is 6.60. The van der Waals surface area contributed by atoms with Crippen LogP contribution in [0.3, 0.4) is 0 Å². The van der Waals surface area contributed by atoms with Crippen molar-refractivity contribution in [3.05, 3.63) is 95.1 Å². The summed E-state index contributed by atoms with van der Waals surface area (Å²) >= 11 is 0. The van der Waals surface area contributed by atoms with Crippen LogP contribution in [0, 0.1) is 6.92 Å². The Balaban J connectivity index is 1.70. The molecule has 0 bridgehead atoms. The summed E-state index contributed by atoms with van der Waals surface area (Å²) in [5.74, 6) is 2.15. The minimum absolute atomic E-state index is 0.183. The van der Waals surface area contributed by atoms with E-state index in [1.165, 1.54) is 22.3 Å². The molecule has 3 rings (SSSR count). The topological polar surface area (TPSA) is 30.5 Å². The Morgan fingerprint density at radius 3 is 1.77 bits per heavy atom. The summed E-state index contributed by atoms with van der Waals surface area (Å²) in [5, 5.41) is 3.69. The van der Waals surface area contributed by atoms with Crippen molar-refractivity contribution < 1.29 is 9.47 Å². The van der Waals surface area contributed by atoms with E-state index in [-0.39, 0.29) is 12.1 Å². The normalized spacial score (nSPS) is 13.1. The Morgan fingerprint density at radius 2 is 1.23 bits per heavy atom. The summed E-state index contributed by atoms with van der Waals surface area (Å²) in [6.07, 6.45) is 1.20. The minimum Gasteiger partial charge on any atom is -0.497 e. The number of benzene rings is 3. The second kappa shape index (κ2) is 11.0. The minimum atomic E-state index is 0.183. The van der Waals surface area contributed by atoms with E-state index in [0.29, 0.717) is 5.92 Å². The second-order valence-electron chi connectivity index (χ2n) is 8.44. The van der Waals surface area contributed by atoms with E-state index in [0.717, 1.165) is 24.5 Å². The zero-order chi connectivity index (χ0) is 22.2. The lowest BCUT2D eigenvalue weighted by Crippen LogP contribution is -2.22. The molecular formula is C28H35NO2. The number of hydrogen-bond donors (Lipinski definition) is 1. The molecule has 3 nitrogen and oxygen atoms in total. The van der Waals surface area contributed by atoms with Gasteiger partial charge in [0, 0.05) is 12.0 Å². The van der Waals surface area contributed by atoms with Gasteiger partial charge in [0.15, 0.2) is 0 Å². The average molecular weight is 418 g/mol. The predicted octanol–water partition coefficient (Wildman–Crippen LogP) is 6.66. The highest BCUT2D eigenvalue weighted by Crippen LogP contribution is 2.30. The van der Waals surface area contributed by atoms with Gasteiger partial charge < -0.3 is 14.8 Å². The van der Waals surface area contributed by atoms with Crippen LogP contribution >= 0.6 is 0 Å². The third-order valence-electron chi connectivity index (χ3n) is 5.63. The molecule has 3 aromatic carbocycles. The van der Waals surface area contributed by atoms with Crippen LogP contribution in [0.4, 0.5) is 0 Å². The molecule has 2 atom stereocenters.